The van der Waals surface area contributed by atoms with Gasteiger partial charge in [0.25, 0.3) is 0 Å². The van der Waals surface area contributed by atoms with Crippen molar-refractivity contribution in [3.8, 4) is 0 Å². The molecule has 4 atom stereocenters. The van der Waals surface area contributed by atoms with Crippen molar-refractivity contribution in [1.29, 1.82) is 0 Å². The van der Waals surface area contributed by atoms with Gasteiger partial charge >= 0.3 is 11.9 Å². The summed E-state index contributed by atoms with van der Waals surface area (Å²) in [7, 11) is 0. The van der Waals surface area contributed by atoms with Gasteiger partial charge in [-0.25, -0.2) is 0 Å². The lowest BCUT2D eigenvalue weighted by molar-refractivity contribution is -0.157. The minimum absolute atomic E-state index is 0.0983. The minimum Gasteiger partial charge on any atom is -0.463 e. The van der Waals surface area contributed by atoms with Gasteiger partial charge in [0.05, 0.1) is 11.8 Å². The minimum atomic E-state index is -0.790. The Morgan fingerprint density at radius 2 is 2.00 bits per heavy atom. The number of cyclic esters (lactones) is 1. The summed E-state index contributed by atoms with van der Waals surface area (Å²) in [6, 6.07) is 0. The summed E-state index contributed by atoms with van der Waals surface area (Å²) < 4.78 is 10.9. The van der Waals surface area contributed by atoms with Gasteiger partial charge in [0.15, 0.2) is 0 Å². The fourth-order valence-corrected chi connectivity index (χ4v) is 4.30. The second-order valence-corrected chi connectivity index (χ2v) is 8.37. The number of rotatable bonds is 7. The van der Waals surface area contributed by atoms with E-state index in [1.807, 2.05) is 0 Å². The molecule has 25 heavy (non-hydrogen) atoms. The van der Waals surface area contributed by atoms with Crippen LogP contribution in [0.15, 0.2) is 0 Å². The van der Waals surface area contributed by atoms with Crippen LogP contribution in [0.5, 0.6) is 0 Å². The molecule has 142 valence electrons. The molecule has 2 aliphatic rings. The van der Waals surface area contributed by atoms with Crippen LogP contribution in [0.25, 0.3) is 0 Å². The maximum absolute atomic E-state index is 12.7. The third kappa shape index (κ3) is 5.05. The predicted octanol–water partition coefficient (Wildman–Crippen LogP) is 3.83. The summed E-state index contributed by atoms with van der Waals surface area (Å²) >= 11 is 0. The molecule has 0 N–H and O–H groups in total. The molecule has 1 aliphatic carbocycles. The van der Waals surface area contributed by atoms with E-state index in [1.54, 1.807) is 0 Å². The Hall–Kier alpha value is -1.39. The zero-order chi connectivity index (χ0) is 18.6. The van der Waals surface area contributed by atoms with Gasteiger partial charge in [-0.15, -0.1) is 0 Å². The average Bonchev–Trinajstić information content (AvgIpc) is 2.78. The van der Waals surface area contributed by atoms with E-state index in [9.17, 15) is 14.4 Å². The van der Waals surface area contributed by atoms with Crippen LogP contribution in [-0.4, -0.2) is 29.9 Å². The number of ketones is 1. The lowest BCUT2D eigenvalue weighted by Crippen LogP contribution is -2.46. The molecular formula is C20H32O5. The highest BCUT2D eigenvalue weighted by molar-refractivity contribution is 5.92. The van der Waals surface area contributed by atoms with Gasteiger partial charge in [-0.05, 0) is 24.7 Å². The van der Waals surface area contributed by atoms with Crippen molar-refractivity contribution in [2.75, 3.05) is 0 Å². The Kier molecular flexibility index (Phi) is 6.64. The van der Waals surface area contributed by atoms with E-state index >= 15 is 0 Å². The summed E-state index contributed by atoms with van der Waals surface area (Å²) in [5.74, 6) is 0.552. The number of hydrogen-bond acceptors (Lipinski definition) is 5. The van der Waals surface area contributed by atoms with E-state index < -0.39 is 5.41 Å². The predicted molar refractivity (Wildman–Crippen MR) is 93.8 cm³/mol. The van der Waals surface area contributed by atoms with E-state index in [1.165, 1.54) is 13.3 Å². The van der Waals surface area contributed by atoms with Crippen LogP contribution < -0.4 is 0 Å². The second-order valence-electron chi connectivity index (χ2n) is 8.37. The molecule has 0 aromatic carbocycles. The molecule has 2 fully saturated rings. The van der Waals surface area contributed by atoms with E-state index in [0.717, 1.165) is 12.8 Å². The first-order valence-electron chi connectivity index (χ1n) is 9.63. The Morgan fingerprint density at radius 1 is 1.28 bits per heavy atom. The van der Waals surface area contributed by atoms with Gasteiger partial charge in [0, 0.05) is 19.8 Å². The number of Topliss-reactive ketones (excluding diaryl/α,β-unsaturated/α-hetero) is 1. The van der Waals surface area contributed by atoms with E-state index in [0.29, 0.717) is 37.5 Å². The fraction of sp³-hybridized carbons (Fsp3) is 0.850. The number of ether oxygens (including phenoxy) is 2. The molecule has 1 aliphatic heterocycles. The fourth-order valence-electron chi connectivity index (χ4n) is 4.30. The van der Waals surface area contributed by atoms with Crippen molar-refractivity contribution < 1.29 is 23.9 Å². The summed E-state index contributed by atoms with van der Waals surface area (Å²) in [5, 5.41) is 0. The molecule has 1 saturated carbocycles. The molecule has 5 nitrogen and oxygen atoms in total. The first kappa shape index (κ1) is 19.9. The topological polar surface area (TPSA) is 69.7 Å². The van der Waals surface area contributed by atoms with Gasteiger partial charge < -0.3 is 9.47 Å². The summed E-state index contributed by atoms with van der Waals surface area (Å²) in [6.07, 6.45) is 4.91. The van der Waals surface area contributed by atoms with E-state index in [4.69, 9.17) is 9.47 Å². The van der Waals surface area contributed by atoms with Crippen LogP contribution in [0.3, 0.4) is 0 Å². The quantitative estimate of drug-likeness (QED) is 0.651. The van der Waals surface area contributed by atoms with Crippen LogP contribution in [0.4, 0.5) is 0 Å². The molecule has 0 aromatic heterocycles. The molecule has 0 aromatic rings. The summed E-state index contributed by atoms with van der Waals surface area (Å²) in [5.41, 5.74) is -0.790. The second kappa shape index (κ2) is 8.33. The van der Waals surface area contributed by atoms with Crippen LogP contribution in [0.1, 0.15) is 79.1 Å². The first-order valence-corrected chi connectivity index (χ1v) is 9.63. The SMILES string of the molecule is CC(=O)O[C@@H]1CCC(=O)C2(CC(=O)O[C@@H]2CC(C)CCCC(C)C)C1. The van der Waals surface area contributed by atoms with Crippen molar-refractivity contribution in [2.24, 2.45) is 17.3 Å². The molecule has 1 saturated heterocycles. The molecule has 1 spiro atoms. The van der Waals surface area contributed by atoms with Crippen molar-refractivity contribution >= 4 is 17.7 Å². The highest BCUT2D eigenvalue weighted by atomic mass is 16.6. The Morgan fingerprint density at radius 3 is 2.64 bits per heavy atom. The lowest BCUT2D eigenvalue weighted by Gasteiger charge is -2.38. The molecule has 2 unspecified atom stereocenters. The molecule has 2 rings (SSSR count). The summed E-state index contributed by atoms with van der Waals surface area (Å²) in [6.45, 7) is 7.98. The number of esters is 2. The first-order chi connectivity index (χ1) is 11.7. The lowest BCUT2D eigenvalue weighted by atomic mass is 9.66. The summed E-state index contributed by atoms with van der Waals surface area (Å²) in [4.78, 5) is 36.0. The van der Waals surface area contributed by atoms with Gasteiger partial charge in [0.2, 0.25) is 0 Å². The van der Waals surface area contributed by atoms with Crippen molar-refractivity contribution in [3.05, 3.63) is 0 Å². The third-order valence-electron chi connectivity index (χ3n) is 5.62. The normalized spacial score (nSPS) is 30.6. The Labute approximate surface area is 150 Å². The third-order valence-corrected chi connectivity index (χ3v) is 5.62. The molecule has 0 amide bonds. The van der Waals surface area contributed by atoms with Crippen LogP contribution in [0.2, 0.25) is 0 Å². The van der Waals surface area contributed by atoms with Crippen LogP contribution in [0, 0.1) is 17.3 Å². The molecule has 0 bridgehead atoms. The zero-order valence-electron chi connectivity index (χ0n) is 16.0. The van der Waals surface area contributed by atoms with Crippen LogP contribution in [-0.2, 0) is 23.9 Å². The monoisotopic (exact) mass is 352 g/mol. The maximum atomic E-state index is 12.7. The van der Waals surface area contributed by atoms with E-state index in [2.05, 4.69) is 20.8 Å². The molecule has 5 heteroatoms. The highest BCUT2D eigenvalue weighted by Crippen LogP contribution is 2.48. The van der Waals surface area contributed by atoms with Gasteiger partial charge in [-0.3, -0.25) is 14.4 Å². The Balaban J connectivity index is 2.04. The van der Waals surface area contributed by atoms with Crippen LogP contribution >= 0.6 is 0 Å². The van der Waals surface area contributed by atoms with E-state index in [-0.39, 0.29) is 36.4 Å². The largest absolute Gasteiger partial charge is 0.463 e. The van der Waals surface area contributed by atoms with Crippen molar-refractivity contribution in [2.45, 2.75) is 91.3 Å². The number of carbonyl (C=O) groups excluding carboxylic acids is 3. The van der Waals surface area contributed by atoms with Crippen molar-refractivity contribution in [1.82, 2.24) is 0 Å². The number of hydrogen-bond donors (Lipinski definition) is 0. The van der Waals surface area contributed by atoms with Gasteiger partial charge in [-0.1, -0.05) is 40.0 Å². The Bertz CT molecular complexity index is 512. The molecule has 1 heterocycles. The van der Waals surface area contributed by atoms with Crippen molar-refractivity contribution in [3.63, 3.8) is 0 Å². The van der Waals surface area contributed by atoms with Gasteiger partial charge in [-0.2, -0.15) is 0 Å². The number of carbonyl (C=O) groups is 3. The molecule has 0 radical (unpaired) electrons. The molecular weight excluding hydrogens is 320 g/mol. The standard InChI is InChI=1S/C20H32O5/c1-13(2)6-5-7-14(3)10-18-20(12-19(23)25-18)11-16(24-15(4)21)8-9-17(20)22/h13-14,16,18H,5-12H2,1-4H3/t14?,16-,18-,20?/m1/s1. The maximum Gasteiger partial charge on any atom is 0.307 e. The highest BCUT2D eigenvalue weighted by Gasteiger charge is 2.57. The average molecular weight is 352 g/mol. The zero-order valence-corrected chi connectivity index (χ0v) is 16.0. The smallest absolute Gasteiger partial charge is 0.307 e. The van der Waals surface area contributed by atoms with Gasteiger partial charge in [0.1, 0.15) is 18.0 Å².